The van der Waals surface area contributed by atoms with Crippen LogP contribution in [-0.4, -0.2) is 33.8 Å². The Balaban J connectivity index is 2.09. The first-order valence-corrected chi connectivity index (χ1v) is 10.0. The Bertz CT molecular complexity index is 902. The van der Waals surface area contributed by atoms with Gasteiger partial charge in [-0.1, -0.05) is 25.4 Å². The monoisotopic (exact) mass is 417 g/mol. The average molecular weight is 418 g/mol. The smallest absolute Gasteiger partial charge is 0.237 e. The van der Waals surface area contributed by atoms with E-state index in [1.54, 1.807) is 21.3 Å². The maximum Gasteiger partial charge on any atom is 0.237 e. The first-order chi connectivity index (χ1) is 13.7. The fourth-order valence-corrected chi connectivity index (χ4v) is 4.24. The number of hydrogen-bond donors (Lipinski definition) is 0. The van der Waals surface area contributed by atoms with Gasteiger partial charge in [0.1, 0.15) is 0 Å². The maximum absolute atomic E-state index is 13.6. The van der Waals surface area contributed by atoms with Crippen molar-refractivity contribution in [2.75, 3.05) is 32.8 Å². The minimum atomic E-state index is -0.736. The summed E-state index contributed by atoms with van der Waals surface area (Å²) < 4.78 is 16.4. The zero-order chi connectivity index (χ0) is 21.3. The van der Waals surface area contributed by atoms with Crippen molar-refractivity contribution in [3.05, 3.63) is 46.5 Å². The fourth-order valence-electron chi connectivity index (χ4n) is 4.07. The molecule has 29 heavy (non-hydrogen) atoms. The summed E-state index contributed by atoms with van der Waals surface area (Å²) in [5.74, 6) is 2.11. The largest absolute Gasteiger partial charge is 0.493 e. The highest BCUT2D eigenvalue weighted by atomic mass is 35.5. The molecule has 0 spiro atoms. The predicted molar refractivity (Wildman–Crippen MR) is 116 cm³/mol. The molecule has 6 heteroatoms. The van der Waals surface area contributed by atoms with Crippen LogP contribution >= 0.6 is 11.6 Å². The summed E-state index contributed by atoms with van der Waals surface area (Å²) in [6.45, 7) is 6.86. The molecule has 0 aromatic heterocycles. The van der Waals surface area contributed by atoms with Gasteiger partial charge in [-0.3, -0.25) is 4.79 Å². The van der Waals surface area contributed by atoms with Gasteiger partial charge in [-0.2, -0.15) is 0 Å². The molecule has 2 aromatic rings. The molecule has 0 fully saturated rings. The molecule has 1 amide bonds. The van der Waals surface area contributed by atoms with Crippen molar-refractivity contribution in [2.45, 2.75) is 32.6 Å². The Kier molecular flexibility index (Phi) is 5.99. The molecule has 1 aliphatic heterocycles. The molecule has 5 nitrogen and oxygen atoms in total. The van der Waals surface area contributed by atoms with Gasteiger partial charge < -0.3 is 19.1 Å². The maximum atomic E-state index is 13.6. The molecule has 1 unspecified atom stereocenters. The molecular weight excluding hydrogens is 390 g/mol. The standard InChI is InChI=1S/C23H28ClNO4/c1-14(2)13-25-18-8-7-16(24)11-17(18)23(3,22(25)26)12-15-9-19(27-4)21(29-6)20(10-15)28-5/h7-11,14H,12-13H2,1-6H3. The van der Waals surface area contributed by atoms with Gasteiger partial charge in [0.25, 0.3) is 0 Å². The van der Waals surface area contributed by atoms with Gasteiger partial charge >= 0.3 is 0 Å². The van der Waals surface area contributed by atoms with E-state index in [4.69, 9.17) is 25.8 Å². The van der Waals surface area contributed by atoms with Crippen molar-refractivity contribution in [1.82, 2.24) is 0 Å². The number of amides is 1. The molecule has 0 N–H and O–H groups in total. The van der Waals surface area contributed by atoms with Crippen molar-refractivity contribution in [2.24, 2.45) is 5.92 Å². The second-order valence-corrected chi connectivity index (χ2v) is 8.45. The van der Waals surface area contributed by atoms with Gasteiger partial charge in [0, 0.05) is 17.3 Å². The number of anilines is 1. The highest BCUT2D eigenvalue weighted by molar-refractivity contribution is 6.31. The normalized spacial score (nSPS) is 18.2. The van der Waals surface area contributed by atoms with Crippen LogP contribution in [0.5, 0.6) is 17.2 Å². The lowest BCUT2D eigenvalue weighted by Crippen LogP contribution is -2.41. The number of methoxy groups -OCH3 is 3. The topological polar surface area (TPSA) is 48.0 Å². The molecule has 156 valence electrons. The van der Waals surface area contributed by atoms with E-state index in [1.165, 1.54) is 0 Å². The van der Waals surface area contributed by atoms with Gasteiger partial charge in [-0.05, 0) is 60.7 Å². The number of rotatable bonds is 7. The predicted octanol–water partition coefficient (Wildman–Crippen LogP) is 4.87. The molecule has 1 heterocycles. The SMILES string of the molecule is COc1cc(CC2(C)C(=O)N(CC(C)C)c3ccc(Cl)cc32)cc(OC)c1OC. The van der Waals surface area contributed by atoms with Gasteiger partial charge in [0.15, 0.2) is 11.5 Å². The summed E-state index contributed by atoms with van der Waals surface area (Å²) in [5, 5.41) is 0.624. The van der Waals surface area contributed by atoms with Crippen molar-refractivity contribution in [3.8, 4) is 17.2 Å². The zero-order valence-electron chi connectivity index (χ0n) is 17.8. The van der Waals surface area contributed by atoms with Crippen LogP contribution in [0.25, 0.3) is 0 Å². The van der Waals surface area contributed by atoms with Gasteiger partial charge in [0.05, 0.1) is 26.7 Å². The lowest BCUT2D eigenvalue weighted by atomic mass is 9.78. The number of nitrogens with zero attached hydrogens (tertiary/aromatic N) is 1. The summed E-state index contributed by atoms with van der Waals surface area (Å²) in [7, 11) is 4.75. The molecule has 3 rings (SSSR count). The molecule has 1 aliphatic rings. The Morgan fingerprint density at radius 1 is 1.03 bits per heavy atom. The number of ether oxygens (including phenoxy) is 3. The number of carbonyl (C=O) groups is 1. The number of benzene rings is 2. The van der Waals surface area contributed by atoms with Crippen LogP contribution in [0.2, 0.25) is 5.02 Å². The minimum absolute atomic E-state index is 0.0808. The number of fused-ring (bicyclic) bond motifs is 1. The van der Waals surface area contributed by atoms with Crippen LogP contribution in [0, 0.1) is 5.92 Å². The molecule has 0 bridgehead atoms. The fraction of sp³-hybridized carbons (Fsp3) is 0.435. The molecule has 0 aliphatic carbocycles. The number of carbonyl (C=O) groups excluding carboxylic acids is 1. The van der Waals surface area contributed by atoms with E-state index in [0.717, 1.165) is 16.8 Å². The Morgan fingerprint density at radius 3 is 2.17 bits per heavy atom. The van der Waals surface area contributed by atoms with E-state index < -0.39 is 5.41 Å². The molecular formula is C23H28ClNO4. The van der Waals surface area contributed by atoms with Crippen molar-refractivity contribution in [1.29, 1.82) is 0 Å². The van der Waals surface area contributed by atoms with Crippen LogP contribution in [0.3, 0.4) is 0 Å². The molecule has 0 saturated heterocycles. The Hall–Kier alpha value is -2.40. The highest BCUT2D eigenvalue weighted by Crippen LogP contribution is 2.47. The van der Waals surface area contributed by atoms with Gasteiger partial charge in [0.2, 0.25) is 11.7 Å². The van der Waals surface area contributed by atoms with E-state index in [2.05, 4.69) is 13.8 Å². The van der Waals surface area contributed by atoms with Gasteiger partial charge in [-0.15, -0.1) is 0 Å². The molecule has 0 saturated carbocycles. The number of hydrogen-bond acceptors (Lipinski definition) is 4. The van der Waals surface area contributed by atoms with E-state index >= 15 is 0 Å². The van der Waals surface area contributed by atoms with E-state index in [-0.39, 0.29) is 5.91 Å². The summed E-state index contributed by atoms with van der Waals surface area (Å²) in [4.78, 5) is 15.4. The summed E-state index contributed by atoms with van der Waals surface area (Å²) >= 11 is 6.30. The third-order valence-corrected chi connectivity index (χ3v) is 5.63. The van der Waals surface area contributed by atoms with Crippen LogP contribution in [0.4, 0.5) is 5.69 Å². The second kappa shape index (κ2) is 8.15. The van der Waals surface area contributed by atoms with Crippen LogP contribution in [0.1, 0.15) is 31.9 Å². The first-order valence-electron chi connectivity index (χ1n) is 9.66. The summed E-state index contributed by atoms with van der Waals surface area (Å²) in [6.07, 6.45) is 0.491. The summed E-state index contributed by atoms with van der Waals surface area (Å²) in [6, 6.07) is 9.49. The number of halogens is 1. The van der Waals surface area contributed by atoms with E-state index in [1.807, 2.05) is 42.2 Å². The quantitative estimate of drug-likeness (QED) is 0.644. The molecule has 0 radical (unpaired) electrons. The highest BCUT2D eigenvalue weighted by Gasteiger charge is 2.47. The lowest BCUT2D eigenvalue weighted by Gasteiger charge is -2.26. The minimum Gasteiger partial charge on any atom is -0.493 e. The van der Waals surface area contributed by atoms with Crippen LogP contribution in [-0.2, 0) is 16.6 Å². The van der Waals surface area contributed by atoms with Crippen molar-refractivity contribution >= 4 is 23.2 Å². The third kappa shape index (κ3) is 3.76. The molecule has 2 aromatic carbocycles. The van der Waals surface area contributed by atoms with Crippen LogP contribution in [0.15, 0.2) is 30.3 Å². The van der Waals surface area contributed by atoms with E-state index in [0.29, 0.717) is 41.2 Å². The Morgan fingerprint density at radius 2 is 1.66 bits per heavy atom. The van der Waals surface area contributed by atoms with Gasteiger partial charge in [-0.25, -0.2) is 0 Å². The van der Waals surface area contributed by atoms with E-state index in [9.17, 15) is 4.79 Å². The average Bonchev–Trinajstić information content (AvgIpc) is 2.88. The molecule has 1 atom stereocenters. The first kappa shape index (κ1) is 21.3. The summed E-state index contributed by atoms with van der Waals surface area (Å²) in [5.41, 5.74) is 2.07. The lowest BCUT2D eigenvalue weighted by molar-refractivity contribution is -0.122. The third-order valence-electron chi connectivity index (χ3n) is 5.39. The zero-order valence-corrected chi connectivity index (χ0v) is 18.6. The Labute approximate surface area is 177 Å². The van der Waals surface area contributed by atoms with Crippen molar-refractivity contribution < 1.29 is 19.0 Å². The van der Waals surface area contributed by atoms with Crippen molar-refractivity contribution in [3.63, 3.8) is 0 Å². The second-order valence-electron chi connectivity index (χ2n) is 8.01. The van der Waals surface area contributed by atoms with Crippen LogP contribution < -0.4 is 19.1 Å².